The van der Waals surface area contributed by atoms with Gasteiger partial charge >= 0.3 is 0 Å². The molecule has 0 saturated carbocycles. The van der Waals surface area contributed by atoms with Gasteiger partial charge in [-0.1, -0.05) is 24.0 Å². The molecule has 0 atom stereocenters. The Kier molecular flexibility index (Phi) is 2.62. The summed E-state index contributed by atoms with van der Waals surface area (Å²) in [5.41, 5.74) is 2.12. The number of hydrogen-bond donors (Lipinski definition) is 0. The summed E-state index contributed by atoms with van der Waals surface area (Å²) in [6.07, 6.45) is 1.81. The minimum absolute atomic E-state index is 0.986. The molecule has 0 fully saturated rings. The maximum Gasteiger partial charge on any atom is 0.123 e. The number of benzene rings is 1. The fraction of sp³-hybridized carbons (Fsp3) is 0. The Hall–Kier alpha value is -1.59. The van der Waals surface area contributed by atoms with Crippen molar-refractivity contribution in [1.82, 2.24) is 4.98 Å². The van der Waals surface area contributed by atoms with Crippen LogP contribution in [-0.4, -0.2) is 4.98 Å². The zero-order valence-corrected chi connectivity index (χ0v) is 8.34. The number of rotatable bonds is 1. The van der Waals surface area contributed by atoms with Crippen molar-refractivity contribution in [2.45, 2.75) is 0 Å². The van der Waals surface area contributed by atoms with Gasteiger partial charge in [-0.2, -0.15) is 0 Å². The van der Waals surface area contributed by atoms with E-state index in [1.54, 1.807) is 11.3 Å². The molecule has 1 aromatic carbocycles. The van der Waals surface area contributed by atoms with Crippen LogP contribution in [0.3, 0.4) is 0 Å². The molecule has 0 aliphatic carbocycles. The summed E-state index contributed by atoms with van der Waals surface area (Å²) in [7, 11) is 0. The van der Waals surface area contributed by atoms with Crippen LogP contribution in [0.25, 0.3) is 10.6 Å². The zero-order valence-electron chi connectivity index (χ0n) is 7.53. The maximum atomic E-state index is 4.23. The van der Waals surface area contributed by atoms with Crippen molar-refractivity contribution >= 4 is 11.3 Å². The third kappa shape index (κ3) is 1.84. The highest BCUT2D eigenvalue weighted by atomic mass is 32.1. The minimum Gasteiger partial charge on any atom is -0.245 e. The molecule has 1 heterocycles. The molecule has 67 valence electrons. The summed E-state index contributed by atoms with van der Waals surface area (Å²) >= 11 is 1.64. The molecule has 2 rings (SSSR count). The summed E-state index contributed by atoms with van der Waals surface area (Å²) in [5, 5.41) is 3.01. The van der Waals surface area contributed by atoms with Gasteiger partial charge in [-0.3, -0.25) is 0 Å². The fourth-order valence-electron chi connectivity index (χ4n) is 1.16. The van der Waals surface area contributed by atoms with Crippen LogP contribution < -0.4 is 0 Å². The van der Waals surface area contributed by atoms with Crippen LogP contribution in [0.2, 0.25) is 0 Å². The van der Waals surface area contributed by atoms with E-state index in [2.05, 4.69) is 23.7 Å². The highest BCUT2D eigenvalue weighted by molar-refractivity contribution is 7.13. The van der Waals surface area contributed by atoms with Crippen molar-refractivity contribution in [3.63, 3.8) is 0 Å². The van der Waals surface area contributed by atoms with Gasteiger partial charge < -0.3 is 0 Å². The SMILES string of the molecule is [CH2]C#Cc1ccc(-c2nccs2)cc1. The Labute approximate surface area is 87.4 Å². The van der Waals surface area contributed by atoms with E-state index in [9.17, 15) is 0 Å². The number of nitrogens with zero attached hydrogens (tertiary/aromatic N) is 1. The van der Waals surface area contributed by atoms with Crippen LogP contribution in [0.5, 0.6) is 0 Å². The van der Waals surface area contributed by atoms with Crippen LogP contribution in [0.1, 0.15) is 5.56 Å². The van der Waals surface area contributed by atoms with Crippen molar-refractivity contribution in [3.8, 4) is 22.4 Å². The molecule has 0 amide bonds. The molecule has 0 N–H and O–H groups in total. The lowest BCUT2D eigenvalue weighted by molar-refractivity contribution is 1.41. The molecule has 1 radical (unpaired) electrons. The van der Waals surface area contributed by atoms with Crippen LogP contribution in [0.4, 0.5) is 0 Å². The second-order valence-electron chi connectivity index (χ2n) is 2.72. The number of thiazole rings is 1. The molecule has 1 aromatic heterocycles. The Morgan fingerprint density at radius 3 is 2.57 bits per heavy atom. The highest BCUT2D eigenvalue weighted by Gasteiger charge is 1.98. The van der Waals surface area contributed by atoms with Crippen molar-refractivity contribution in [2.75, 3.05) is 0 Å². The molecular formula is C12H8NS. The zero-order chi connectivity index (χ0) is 9.80. The summed E-state index contributed by atoms with van der Waals surface area (Å²) in [4.78, 5) is 4.23. The fourth-order valence-corrected chi connectivity index (χ4v) is 1.81. The van der Waals surface area contributed by atoms with Gasteiger partial charge in [-0.05, 0) is 12.1 Å². The molecule has 0 unspecified atom stereocenters. The molecule has 14 heavy (non-hydrogen) atoms. The lowest BCUT2D eigenvalue weighted by atomic mass is 10.1. The Morgan fingerprint density at radius 1 is 1.21 bits per heavy atom. The quantitative estimate of drug-likeness (QED) is 0.642. The van der Waals surface area contributed by atoms with E-state index in [-0.39, 0.29) is 0 Å². The van der Waals surface area contributed by atoms with E-state index in [1.807, 2.05) is 35.8 Å². The van der Waals surface area contributed by atoms with Crippen molar-refractivity contribution < 1.29 is 0 Å². The first-order valence-electron chi connectivity index (χ1n) is 4.18. The van der Waals surface area contributed by atoms with Crippen LogP contribution >= 0.6 is 11.3 Å². The van der Waals surface area contributed by atoms with Gasteiger partial charge in [0.1, 0.15) is 5.01 Å². The van der Waals surface area contributed by atoms with E-state index in [4.69, 9.17) is 0 Å². The number of aromatic nitrogens is 1. The molecule has 0 spiro atoms. The monoisotopic (exact) mass is 198 g/mol. The van der Waals surface area contributed by atoms with Gasteiger partial charge in [0.25, 0.3) is 0 Å². The summed E-state index contributed by atoms with van der Waals surface area (Å²) < 4.78 is 0. The predicted octanol–water partition coefficient (Wildman–Crippen LogP) is 3.00. The third-order valence-corrected chi connectivity index (χ3v) is 2.62. The second-order valence-corrected chi connectivity index (χ2v) is 3.61. The van der Waals surface area contributed by atoms with Gasteiger partial charge in [0.2, 0.25) is 0 Å². The predicted molar refractivity (Wildman–Crippen MR) is 59.8 cm³/mol. The smallest absolute Gasteiger partial charge is 0.123 e. The Morgan fingerprint density at radius 2 is 2.00 bits per heavy atom. The van der Waals surface area contributed by atoms with Crippen LogP contribution in [0, 0.1) is 18.8 Å². The maximum absolute atomic E-state index is 4.23. The molecule has 0 bridgehead atoms. The lowest BCUT2D eigenvalue weighted by Gasteiger charge is -1.95. The molecule has 2 aromatic rings. The standard InChI is InChI=1S/C12H8NS/c1-2-3-10-4-6-11(7-5-10)12-13-8-9-14-12/h4-9H,1H2. The first-order chi connectivity index (χ1) is 6.90. The molecule has 0 aliphatic heterocycles. The minimum atomic E-state index is 0.986. The van der Waals surface area contributed by atoms with E-state index >= 15 is 0 Å². The number of hydrogen-bond acceptors (Lipinski definition) is 2. The Bertz CT molecular complexity index is 457. The molecular weight excluding hydrogens is 190 g/mol. The average Bonchev–Trinajstić information content (AvgIpc) is 2.72. The Balaban J connectivity index is 2.34. The molecule has 1 nitrogen and oxygen atoms in total. The van der Waals surface area contributed by atoms with Gasteiger partial charge in [-0.25, -0.2) is 4.98 Å². The van der Waals surface area contributed by atoms with Gasteiger partial charge in [0.15, 0.2) is 0 Å². The van der Waals surface area contributed by atoms with Crippen LogP contribution in [-0.2, 0) is 0 Å². The van der Waals surface area contributed by atoms with E-state index in [0.29, 0.717) is 0 Å². The summed E-state index contributed by atoms with van der Waals surface area (Å²) in [6, 6.07) is 8.01. The molecule has 2 heteroatoms. The normalized spacial score (nSPS) is 9.21. The third-order valence-electron chi connectivity index (χ3n) is 1.80. The summed E-state index contributed by atoms with van der Waals surface area (Å²) in [6.45, 7) is 3.48. The van der Waals surface area contributed by atoms with Crippen molar-refractivity contribution in [3.05, 3.63) is 48.3 Å². The lowest BCUT2D eigenvalue weighted by Crippen LogP contribution is -1.77. The van der Waals surface area contributed by atoms with Crippen LogP contribution in [0.15, 0.2) is 35.8 Å². The average molecular weight is 198 g/mol. The van der Waals surface area contributed by atoms with E-state index < -0.39 is 0 Å². The van der Waals surface area contributed by atoms with E-state index in [1.165, 1.54) is 0 Å². The molecule has 0 aliphatic rings. The first-order valence-corrected chi connectivity index (χ1v) is 5.06. The largest absolute Gasteiger partial charge is 0.245 e. The topological polar surface area (TPSA) is 12.9 Å². The summed E-state index contributed by atoms with van der Waals surface area (Å²) in [5.74, 6) is 5.53. The second kappa shape index (κ2) is 4.08. The van der Waals surface area contributed by atoms with Gasteiger partial charge in [0.05, 0.1) is 0 Å². The highest BCUT2D eigenvalue weighted by Crippen LogP contribution is 2.21. The first kappa shape index (κ1) is 8.98. The van der Waals surface area contributed by atoms with Gasteiger partial charge in [-0.15, -0.1) is 11.3 Å². The van der Waals surface area contributed by atoms with Crippen molar-refractivity contribution in [1.29, 1.82) is 0 Å². The van der Waals surface area contributed by atoms with E-state index in [0.717, 1.165) is 16.1 Å². The van der Waals surface area contributed by atoms with Crippen molar-refractivity contribution in [2.24, 2.45) is 0 Å². The molecule has 0 saturated heterocycles. The van der Waals surface area contributed by atoms with Gasteiger partial charge in [0, 0.05) is 29.6 Å².